The number of hydrogen-bond acceptors (Lipinski definition) is 7. The van der Waals surface area contributed by atoms with Crippen LogP contribution in [0, 0.1) is 0 Å². The minimum atomic E-state index is -0.200. The van der Waals surface area contributed by atoms with Gasteiger partial charge in [-0.1, -0.05) is 23.9 Å². The Hall–Kier alpha value is -3.04. The van der Waals surface area contributed by atoms with Gasteiger partial charge in [0.2, 0.25) is 11.1 Å². The van der Waals surface area contributed by atoms with E-state index in [1.54, 1.807) is 14.2 Å². The molecule has 3 aromatic rings. The maximum atomic E-state index is 12.3. The second-order valence-electron chi connectivity index (χ2n) is 6.35. The lowest BCUT2D eigenvalue weighted by Crippen LogP contribution is -2.27. The second kappa shape index (κ2) is 10.7. The molecule has 3 N–H and O–H groups in total. The SMILES string of the molecule is COc1ccc(-c2nc(S[C@H](CC(=O)NCCO)c3ccc(OC)cc3)n[nH]2)cc1. The molecule has 3 rings (SSSR count). The number of aliphatic hydroxyl groups is 1. The molecule has 0 spiro atoms. The van der Waals surface area contributed by atoms with Crippen LogP contribution in [0.5, 0.6) is 11.5 Å². The van der Waals surface area contributed by atoms with Crippen molar-refractivity contribution in [1.82, 2.24) is 20.5 Å². The van der Waals surface area contributed by atoms with Crippen LogP contribution in [0.4, 0.5) is 0 Å². The molecule has 0 saturated heterocycles. The summed E-state index contributed by atoms with van der Waals surface area (Å²) in [5, 5.41) is 19.2. The van der Waals surface area contributed by atoms with Crippen molar-refractivity contribution in [2.24, 2.45) is 0 Å². The van der Waals surface area contributed by atoms with Gasteiger partial charge in [0.1, 0.15) is 11.5 Å². The summed E-state index contributed by atoms with van der Waals surface area (Å²) in [5.74, 6) is 2.00. The predicted octanol–water partition coefficient (Wildman–Crippen LogP) is 2.82. The van der Waals surface area contributed by atoms with E-state index in [1.165, 1.54) is 11.8 Å². The van der Waals surface area contributed by atoms with Crippen LogP contribution < -0.4 is 14.8 Å². The molecule has 0 aliphatic heterocycles. The van der Waals surface area contributed by atoms with Crippen LogP contribution in [0.25, 0.3) is 11.4 Å². The van der Waals surface area contributed by atoms with Crippen LogP contribution in [0.3, 0.4) is 0 Å². The monoisotopic (exact) mass is 428 g/mol. The van der Waals surface area contributed by atoms with E-state index >= 15 is 0 Å². The number of aromatic amines is 1. The standard InChI is InChI=1S/C21H24N4O4S/c1-28-16-7-3-14(4-8-16)18(13-19(27)22-11-12-26)30-21-23-20(24-25-21)15-5-9-17(29-2)10-6-15/h3-10,18,26H,11-13H2,1-2H3,(H,22,27)(H,23,24,25)/t18-/m1/s1. The van der Waals surface area contributed by atoms with Gasteiger partial charge in [0.05, 0.1) is 20.8 Å². The van der Waals surface area contributed by atoms with Gasteiger partial charge in [-0.2, -0.15) is 0 Å². The van der Waals surface area contributed by atoms with E-state index in [-0.39, 0.29) is 30.7 Å². The molecule has 0 bridgehead atoms. The molecule has 0 aliphatic carbocycles. The number of aliphatic hydroxyl groups excluding tert-OH is 1. The van der Waals surface area contributed by atoms with Gasteiger partial charge in [-0.3, -0.25) is 9.89 Å². The zero-order valence-electron chi connectivity index (χ0n) is 16.8. The predicted molar refractivity (Wildman–Crippen MR) is 115 cm³/mol. The van der Waals surface area contributed by atoms with E-state index in [0.29, 0.717) is 11.0 Å². The molecule has 0 fully saturated rings. The van der Waals surface area contributed by atoms with Crippen LogP contribution in [0.1, 0.15) is 17.2 Å². The van der Waals surface area contributed by atoms with Crippen LogP contribution in [-0.4, -0.2) is 53.6 Å². The molecule has 1 atom stereocenters. The highest BCUT2D eigenvalue weighted by atomic mass is 32.2. The van der Waals surface area contributed by atoms with Crippen LogP contribution in [-0.2, 0) is 4.79 Å². The normalized spacial score (nSPS) is 11.7. The first-order valence-corrected chi connectivity index (χ1v) is 10.3. The number of thioether (sulfide) groups is 1. The Labute approximate surface area is 179 Å². The molecule has 0 saturated carbocycles. The summed E-state index contributed by atoms with van der Waals surface area (Å²) in [4.78, 5) is 16.8. The highest BCUT2D eigenvalue weighted by Crippen LogP contribution is 2.37. The number of hydrogen-bond donors (Lipinski definition) is 3. The van der Waals surface area contributed by atoms with Crippen molar-refractivity contribution in [2.75, 3.05) is 27.4 Å². The summed E-state index contributed by atoms with van der Waals surface area (Å²) >= 11 is 1.40. The third kappa shape index (κ3) is 5.74. The number of aromatic nitrogens is 3. The Morgan fingerprint density at radius 2 is 1.73 bits per heavy atom. The minimum Gasteiger partial charge on any atom is -0.497 e. The average molecular weight is 429 g/mol. The molecule has 30 heavy (non-hydrogen) atoms. The van der Waals surface area contributed by atoms with Gasteiger partial charge in [-0.15, -0.1) is 5.10 Å². The molecule has 8 nitrogen and oxygen atoms in total. The quantitative estimate of drug-likeness (QED) is 0.426. The van der Waals surface area contributed by atoms with Crippen LogP contribution >= 0.6 is 11.8 Å². The third-order valence-corrected chi connectivity index (χ3v) is 5.49. The molecule has 1 heterocycles. The zero-order chi connectivity index (χ0) is 21.3. The third-order valence-electron chi connectivity index (χ3n) is 4.37. The fraction of sp³-hybridized carbons (Fsp3) is 0.286. The summed E-state index contributed by atoms with van der Waals surface area (Å²) in [5.41, 5.74) is 1.84. The van der Waals surface area contributed by atoms with Gasteiger partial charge in [0, 0.05) is 23.8 Å². The molecular formula is C21H24N4O4S. The van der Waals surface area contributed by atoms with E-state index < -0.39 is 0 Å². The number of rotatable bonds is 10. The molecule has 0 unspecified atom stereocenters. The number of H-pyrrole nitrogens is 1. The van der Waals surface area contributed by atoms with Gasteiger partial charge in [0.25, 0.3) is 0 Å². The molecular weight excluding hydrogens is 404 g/mol. The fourth-order valence-electron chi connectivity index (χ4n) is 2.79. The first kappa shape index (κ1) is 21.7. The van der Waals surface area contributed by atoms with Gasteiger partial charge in [-0.05, 0) is 42.0 Å². The zero-order valence-corrected chi connectivity index (χ0v) is 17.6. The van der Waals surface area contributed by atoms with Crippen LogP contribution in [0.2, 0.25) is 0 Å². The van der Waals surface area contributed by atoms with E-state index in [2.05, 4.69) is 20.5 Å². The van der Waals surface area contributed by atoms with Crippen molar-refractivity contribution < 1.29 is 19.4 Å². The second-order valence-corrected chi connectivity index (χ2v) is 7.52. The van der Waals surface area contributed by atoms with Gasteiger partial charge in [-0.25, -0.2) is 4.98 Å². The molecule has 2 aromatic carbocycles. The summed E-state index contributed by atoms with van der Waals surface area (Å²) in [6, 6.07) is 15.1. The largest absolute Gasteiger partial charge is 0.497 e. The molecule has 0 radical (unpaired) electrons. The van der Waals surface area contributed by atoms with Crippen molar-refractivity contribution in [3.8, 4) is 22.9 Å². The van der Waals surface area contributed by atoms with E-state index in [0.717, 1.165) is 22.6 Å². The van der Waals surface area contributed by atoms with E-state index in [9.17, 15) is 4.79 Å². The number of benzene rings is 2. The maximum absolute atomic E-state index is 12.3. The number of amides is 1. The Balaban J connectivity index is 1.77. The topological polar surface area (TPSA) is 109 Å². The summed E-state index contributed by atoms with van der Waals surface area (Å²) in [7, 11) is 3.23. The van der Waals surface area contributed by atoms with Gasteiger partial charge < -0.3 is 19.9 Å². The van der Waals surface area contributed by atoms with Gasteiger partial charge >= 0.3 is 0 Å². The summed E-state index contributed by atoms with van der Waals surface area (Å²) in [6.07, 6.45) is 0.226. The number of nitrogens with zero attached hydrogens (tertiary/aromatic N) is 2. The molecule has 9 heteroatoms. The van der Waals surface area contributed by atoms with Crippen molar-refractivity contribution >= 4 is 17.7 Å². The lowest BCUT2D eigenvalue weighted by molar-refractivity contribution is -0.121. The highest BCUT2D eigenvalue weighted by Gasteiger charge is 2.20. The Morgan fingerprint density at radius 3 is 2.33 bits per heavy atom. The number of nitrogens with one attached hydrogen (secondary N) is 2. The lowest BCUT2D eigenvalue weighted by Gasteiger charge is -2.15. The lowest BCUT2D eigenvalue weighted by atomic mass is 10.1. The first-order valence-electron chi connectivity index (χ1n) is 9.38. The number of methoxy groups -OCH3 is 2. The molecule has 1 amide bonds. The van der Waals surface area contributed by atoms with Crippen molar-refractivity contribution in [2.45, 2.75) is 16.8 Å². The van der Waals surface area contributed by atoms with Crippen molar-refractivity contribution in [3.63, 3.8) is 0 Å². The summed E-state index contributed by atoms with van der Waals surface area (Å²) < 4.78 is 10.4. The Kier molecular flexibility index (Phi) is 7.69. The smallest absolute Gasteiger partial charge is 0.221 e. The van der Waals surface area contributed by atoms with E-state index in [1.807, 2.05) is 48.5 Å². The number of carbonyl (C=O) groups excluding carboxylic acids is 1. The van der Waals surface area contributed by atoms with Gasteiger partial charge in [0.15, 0.2) is 5.82 Å². The fourth-order valence-corrected chi connectivity index (χ4v) is 3.81. The van der Waals surface area contributed by atoms with Crippen LogP contribution in [0.15, 0.2) is 53.7 Å². The van der Waals surface area contributed by atoms with Crippen molar-refractivity contribution in [1.29, 1.82) is 0 Å². The Morgan fingerprint density at radius 1 is 1.10 bits per heavy atom. The average Bonchev–Trinajstić information content (AvgIpc) is 3.26. The molecule has 0 aliphatic rings. The van der Waals surface area contributed by atoms with E-state index in [4.69, 9.17) is 14.6 Å². The summed E-state index contributed by atoms with van der Waals surface area (Å²) in [6.45, 7) is 0.124. The Bertz CT molecular complexity index is 944. The maximum Gasteiger partial charge on any atom is 0.221 e. The number of ether oxygens (including phenoxy) is 2. The van der Waals surface area contributed by atoms with Crippen molar-refractivity contribution in [3.05, 3.63) is 54.1 Å². The highest BCUT2D eigenvalue weighted by molar-refractivity contribution is 7.99. The molecule has 158 valence electrons. The first-order chi connectivity index (χ1) is 14.6. The number of carbonyl (C=O) groups is 1. The molecule has 1 aromatic heterocycles. The minimum absolute atomic E-state index is 0.0990.